The van der Waals surface area contributed by atoms with E-state index in [0.717, 1.165) is 44.3 Å². The van der Waals surface area contributed by atoms with E-state index in [0.29, 0.717) is 18.2 Å². The van der Waals surface area contributed by atoms with Crippen LogP contribution in [0.15, 0.2) is 36.5 Å². The summed E-state index contributed by atoms with van der Waals surface area (Å²) in [5.74, 6) is 0.475. The quantitative estimate of drug-likeness (QED) is 0.827. The Kier molecular flexibility index (Phi) is 5.41. The molecule has 1 N–H and O–H groups in total. The second-order valence-corrected chi connectivity index (χ2v) is 6.09. The number of hydrogen-bond donors (Lipinski definition) is 1. The van der Waals surface area contributed by atoms with E-state index in [2.05, 4.69) is 45.3 Å². The summed E-state index contributed by atoms with van der Waals surface area (Å²) in [5.41, 5.74) is 2.88. The number of rotatable bonds is 6. The predicted octanol–water partition coefficient (Wildman–Crippen LogP) is 3.48. The van der Waals surface area contributed by atoms with E-state index in [9.17, 15) is 4.79 Å². The van der Waals surface area contributed by atoms with Crippen molar-refractivity contribution in [2.45, 2.75) is 39.0 Å². The first-order chi connectivity index (χ1) is 11.8. The van der Waals surface area contributed by atoms with Gasteiger partial charge in [0.2, 0.25) is 5.95 Å². The molecule has 0 saturated heterocycles. The van der Waals surface area contributed by atoms with Gasteiger partial charge in [-0.3, -0.25) is 4.79 Å². The van der Waals surface area contributed by atoms with Crippen LogP contribution in [0.2, 0.25) is 0 Å². The van der Waals surface area contributed by atoms with Crippen LogP contribution in [0.4, 0.5) is 11.6 Å². The number of para-hydroxylation sites is 1. The summed E-state index contributed by atoms with van der Waals surface area (Å²) in [6.07, 6.45) is 7.07. The van der Waals surface area contributed by atoms with E-state index in [4.69, 9.17) is 0 Å². The number of aryl methyl sites for hydroxylation is 1. The van der Waals surface area contributed by atoms with E-state index in [1.165, 1.54) is 5.56 Å². The first-order valence-electron chi connectivity index (χ1n) is 8.76. The summed E-state index contributed by atoms with van der Waals surface area (Å²) in [6, 6.07) is 10.0. The highest BCUT2D eigenvalue weighted by Gasteiger charge is 2.20. The lowest BCUT2D eigenvalue weighted by atomic mass is 10.0. The van der Waals surface area contributed by atoms with E-state index < -0.39 is 0 Å². The van der Waals surface area contributed by atoms with Gasteiger partial charge in [0.1, 0.15) is 5.69 Å². The molecule has 3 rings (SSSR count). The van der Waals surface area contributed by atoms with Crippen LogP contribution in [0.3, 0.4) is 0 Å². The van der Waals surface area contributed by atoms with Gasteiger partial charge in [-0.2, -0.15) is 0 Å². The molecule has 0 radical (unpaired) electrons. The van der Waals surface area contributed by atoms with Gasteiger partial charge in [-0.1, -0.05) is 38.0 Å². The average Bonchev–Trinajstić information content (AvgIpc) is 2.64. The first kappa shape index (κ1) is 16.4. The minimum Gasteiger partial charge on any atom is -0.351 e. The molecule has 0 spiro atoms. The number of anilines is 2. The number of nitrogens with one attached hydrogen (secondary N) is 1. The van der Waals surface area contributed by atoms with Crippen LogP contribution in [0.5, 0.6) is 0 Å². The van der Waals surface area contributed by atoms with Crippen LogP contribution in [0.1, 0.15) is 48.7 Å². The maximum absolute atomic E-state index is 12.3. The zero-order valence-electron chi connectivity index (χ0n) is 14.2. The second kappa shape index (κ2) is 7.90. The van der Waals surface area contributed by atoms with E-state index in [1.807, 2.05) is 6.07 Å². The first-order valence-corrected chi connectivity index (χ1v) is 8.76. The minimum atomic E-state index is -0.125. The van der Waals surface area contributed by atoms with Gasteiger partial charge < -0.3 is 10.2 Å². The van der Waals surface area contributed by atoms with E-state index in [1.54, 1.807) is 12.3 Å². The van der Waals surface area contributed by atoms with Gasteiger partial charge in [-0.05, 0) is 37.0 Å². The Labute approximate surface area is 143 Å². The number of unbranched alkanes of at least 4 members (excludes halogenated alkanes) is 2. The van der Waals surface area contributed by atoms with Gasteiger partial charge in [0, 0.05) is 25.0 Å². The second-order valence-electron chi connectivity index (χ2n) is 6.09. The summed E-state index contributed by atoms with van der Waals surface area (Å²) < 4.78 is 0. The molecule has 5 nitrogen and oxygen atoms in total. The molecule has 0 bridgehead atoms. The molecule has 0 aliphatic carbocycles. The third-order valence-electron chi connectivity index (χ3n) is 4.29. The van der Waals surface area contributed by atoms with Crippen molar-refractivity contribution in [2.24, 2.45) is 0 Å². The lowest BCUT2D eigenvalue weighted by Gasteiger charge is -2.29. The highest BCUT2D eigenvalue weighted by molar-refractivity contribution is 5.92. The monoisotopic (exact) mass is 324 g/mol. The summed E-state index contributed by atoms with van der Waals surface area (Å²) >= 11 is 0. The minimum absolute atomic E-state index is 0.125. The molecule has 0 atom stereocenters. The topological polar surface area (TPSA) is 58.1 Å². The number of fused-ring (bicyclic) bond motifs is 1. The lowest BCUT2D eigenvalue weighted by Crippen LogP contribution is -2.29. The van der Waals surface area contributed by atoms with Crippen LogP contribution in [-0.2, 0) is 6.42 Å². The van der Waals surface area contributed by atoms with Gasteiger partial charge >= 0.3 is 0 Å². The Bertz CT molecular complexity index is 701. The largest absolute Gasteiger partial charge is 0.351 e. The Balaban J connectivity index is 1.75. The van der Waals surface area contributed by atoms with Gasteiger partial charge in [0.25, 0.3) is 5.91 Å². The van der Waals surface area contributed by atoms with Crippen molar-refractivity contribution in [1.29, 1.82) is 0 Å². The standard InChI is InChI=1S/C19H24N4O/c1-2-3-6-12-20-18(24)16-11-13-21-19(22-16)23-14-7-9-15-8-4-5-10-17(15)23/h4-5,8,10-11,13H,2-3,6-7,9,12,14H2,1H3,(H,20,24). The molecule has 1 amide bonds. The van der Waals surface area contributed by atoms with E-state index >= 15 is 0 Å². The number of carbonyl (C=O) groups is 1. The number of aromatic nitrogens is 2. The maximum atomic E-state index is 12.3. The Morgan fingerprint density at radius 3 is 3.00 bits per heavy atom. The molecule has 2 aromatic rings. The molecular weight excluding hydrogens is 300 g/mol. The van der Waals surface area contributed by atoms with Crippen LogP contribution in [-0.4, -0.2) is 29.0 Å². The fraction of sp³-hybridized carbons (Fsp3) is 0.421. The van der Waals surface area contributed by atoms with Gasteiger partial charge in [-0.15, -0.1) is 0 Å². The smallest absolute Gasteiger partial charge is 0.270 e. The maximum Gasteiger partial charge on any atom is 0.270 e. The predicted molar refractivity (Wildman–Crippen MR) is 95.7 cm³/mol. The number of hydrogen-bond acceptors (Lipinski definition) is 4. The van der Waals surface area contributed by atoms with Crippen LogP contribution in [0.25, 0.3) is 0 Å². The van der Waals surface area contributed by atoms with Gasteiger partial charge in [-0.25, -0.2) is 9.97 Å². The van der Waals surface area contributed by atoms with Crippen molar-refractivity contribution >= 4 is 17.5 Å². The van der Waals surface area contributed by atoms with Crippen molar-refractivity contribution in [3.8, 4) is 0 Å². The molecule has 126 valence electrons. The lowest BCUT2D eigenvalue weighted by molar-refractivity contribution is 0.0948. The average molecular weight is 324 g/mol. The zero-order chi connectivity index (χ0) is 16.8. The third kappa shape index (κ3) is 3.72. The molecular formula is C19H24N4O. The van der Waals surface area contributed by atoms with Crippen molar-refractivity contribution < 1.29 is 4.79 Å². The van der Waals surface area contributed by atoms with Gasteiger partial charge in [0.05, 0.1) is 0 Å². The number of benzene rings is 1. The van der Waals surface area contributed by atoms with Crippen LogP contribution < -0.4 is 10.2 Å². The fourth-order valence-corrected chi connectivity index (χ4v) is 3.01. The molecule has 1 aromatic heterocycles. The highest BCUT2D eigenvalue weighted by Crippen LogP contribution is 2.31. The molecule has 1 aliphatic rings. The van der Waals surface area contributed by atoms with Crippen LogP contribution in [0, 0.1) is 0 Å². The SMILES string of the molecule is CCCCCNC(=O)c1ccnc(N2CCCc3ccccc32)n1. The van der Waals surface area contributed by atoms with Crippen molar-refractivity contribution in [1.82, 2.24) is 15.3 Å². The Morgan fingerprint density at radius 2 is 2.12 bits per heavy atom. The molecule has 0 saturated carbocycles. The molecule has 5 heteroatoms. The Hall–Kier alpha value is -2.43. The summed E-state index contributed by atoms with van der Waals surface area (Å²) in [7, 11) is 0. The molecule has 2 heterocycles. The number of amides is 1. The normalized spacial score (nSPS) is 13.5. The summed E-state index contributed by atoms with van der Waals surface area (Å²) in [5, 5.41) is 2.94. The van der Waals surface area contributed by atoms with Crippen LogP contribution >= 0.6 is 0 Å². The highest BCUT2D eigenvalue weighted by atomic mass is 16.1. The molecule has 1 aliphatic heterocycles. The number of carbonyl (C=O) groups excluding carboxylic acids is 1. The Morgan fingerprint density at radius 1 is 1.25 bits per heavy atom. The van der Waals surface area contributed by atoms with Crippen molar-refractivity contribution in [3.63, 3.8) is 0 Å². The van der Waals surface area contributed by atoms with Crippen molar-refractivity contribution in [3.05, 3.63) is 47.8 Å². The number of nitrogens with zero attached hydrogens (tertiary/aromatic N) is 3. The van der Waals surface area contributed by atoms with E-state index in [-0.39, 0.29) is 5.91 Å². The fourth-order valence-electron chi connectivity index (χ4n) is 3.01. The third-order valence-corrected chi connectivity index (χ3v) is 4.29. The summed E-state index contributed by atoms with van der Waals surface area (Å²) in [4.78, 5) is 23.3. The summed E-state index contributed by atoms with van der Waals surface area (Å²) in [6.45, 7) is 3.71. The zero-order valence-corrected chi connectivity index (χ0v) is 14.2. The molecule has 0 fully saturated rings. The molecule has 24 heavy (non-hydrogen) atoms. The van der Waals surface area contributed by atoms with Crippen molar-refractivity contribution in [2.75, 3.05) is 18.0 Å². The molecule has 1 aromatic carbocycles. The molecule has 0 unspecified atom stereocenters. The van der Waals surface area contributed by atoms with Gasteiger partial charge in [0.15, 0.2) is 0 Å².